The first-order chi connectivity index (χ1) is 20.1. The van der Waals surface area contributed by atoms with Gasteiger partial charge in [-0.15, -0.1) is 0 Å². The van der Waals surface area contributed by atoms with Crippen molar-refractivity contribution < 1.29 is 23.9 Å². The second kappa shape index (κ2) is 10.1. The minimum absolute atomic E-state index is 0.0665. The Morgan fingerprint density at radius 1 is 1.02 bits per heavy atom. The van der Waals surface area contributed by atoms with Crippen molar-refractivity contribution in [3.05, 3.63) is 35.9 Å². The monoisotopic (exact) mass is 573 g/mol. The van der Waals surface area contributed by atoms with Gasteiger partial charge in [-0.3, -0.25) is 19.2 Å². The highest BCUT2D eigenvalue weighted by Gasteiger charge is 2.66. The smallest absolute Gasteiger partial charge is 0.306 e. The molecule has 0 spiro atoms. The molecule has 3 unspecified atom stereocenters. The van der Waals surface area contributed by atoms with E-state index in [1.807, 2.05) is 18.2 Å². The summed E-state index contributed by atoms with van der Waals surface area (Å²) in [5, 5.41) is 3.56. The number of piperidine rings is 1. The Kier molecular flexibility index (Phi) is 6.84. The standard InChI is InChI=1S/C36H47NO5/c1-21(9-12-32(41)42-36(22-7-5-4-6-8-22)19-25-15-24(36)20-37-25)27-10-11-28-33-29(18-31(40)35(27,28)3)34(2)14-13-26(38)16-23(34)17-30(33)39/h4-8,21,23-25,27-29,33,37H,9-20H2,1-3H3/t21-,23+,24?,25?,27-,28+,29+,33+,34+,35-,36?/m1/s1. The predicted molar refractivity (Wildman–Crippen MR) is 158 cm³/mol. The maximum atomic E-state index is 14.1. The number of rotatable bonds is 6. The molecule has 7 rings (SSSR count). The maximum Gasteiger partial charge on any atom is 0.306 e. The van der Waals surface area contributed by atoms with E-state index >= 15 is 0 Å². The third-order valence-corrected chi connectivity index (χ3v) is 13.7. The van der Waals surface area contributed by atoms with Gasteiger partial charge in [0.15, 0.2) is 0 Å². The van der Waals surface area contributed by atoms with Crippen molar-refractivity contribution in [2.45, 2.75) is 103 Å². The number of nitrogens with one attached hydrogen (secondary N) is 1. The zero-order chi connectivity index (χ0) is 29.4. The van der Waals surface area contributed by atoms with Crippen molar-refractivity contribution in [2.75, 3.05) is 6.54 Å². The third kappa shape index (κ3) is 4.13. The third-order valence-electron chi connectivity index (χ3n) is 13.7. The van der Waals surface area contributed by atoms with Gasteiger partial charge >= 0.3 is 5.97 Å². The summed E-state index contributed by atoms with van der Waals surface area (Å²) in [5.74, 6) is 1.58. The number of hydrogen-bond acceptors (Lipinski definition) is 6. The number of hydrogen-bond donors (Lipinski definition) is 1. The lowest BCUT2D eigenvalue weighted by atomic mass is 9.44. The van der Waals surface area contributed by atoms with Gasteiger partial charge in [0, 0.05) is 68.4 Å². The fraction of sp³-hybridized carbons (Fsp3) is 0.722. The van der Waals surface area contributed by atoms with Gasteiger partial charge in [0.2, 0.25) is 0 Å². The highest BCUT2D eigenvalue weighted by molar-refractivity contribution is 5.93. The van der Waals surface area contributed by atoms with Gasteiger partial charge in [0.1, 0.15) is 23.0 Å². The number of carbonyl (C=O) groups is 4. The van der Waals surface area contributed by atoms with E-state index in [4.69, 9.17) is 4.74 Å². The van der Waals surface area contributed by atoms with Crippen LogP contribution in [-0.2, 0) is 29.5 Å². The SMILES string of the molecule is C[C@H](CCC(=O)OC1(c2ccccc2)CC2CC1CN2)[C@H]1CC[C@H]2[C@@H]3C(=O)C[C@@H]4CC(=O)CC[C@]4(C)[C@H]3CC(=O)[C@]12C. The summed E-state index contributed by atoms with van der Waals surface area (Å²) in [6.45, 7) is 7.48. The van der Waals surface area contributed by atoms with Gasteiger partial charge in [-0.2, -0.15) is 0 Å². The van der Waals surface area contributed by atoms with Crippen LogP contribution in [0.3, 0.4) is 0 Å². The largest absolute Gasteiger partial charge is 0.454 e. The Bertz CT molecular complexity index is 1290. The number of esters is 1. The van der Waals surface area contributed by atoms with Gasteiger partial charge in [-0.05, 0) is 72.7 Å². The molecule has 0 radical (unpaired) electrons. The summed E-state index contributed by atoms with van der Waals surface area (Å²) in [4.78, 5) is 53.5. The molecule has 6 nitrogen and oxygen atoms in total. The highest BCUT2D eigenvalue weighted by atomic mass is 16.6. The summed E-state index contributed by atoms with van der Waals surface area (Å²) in [6.07, 6.45) is 7.60. The predicted octanol–water partition coefficient (Wildman–Crippen LogP) is 5.81. The normalized spacial score (nSPS) is 44.8. The molecule has 1 aromatic carbocycles. The molecule has 6 heteroatoms. The van der Waals surface area contributed by atoms with Crippen LogP contribution in [0.4, 0.5) is 0 Å². The lowest BCUT2D eigenvalue weighted by Gasteiger charge is -2.58. The average molecular weight is 574 g/mol. The van der Waals surface area contributed by atoms with Gasteiger partial charge in [-0.25, -0.2) is 0 Å². The highest BCUT2D eigenvalue weighted by Crippen LogP contribution is 2.66. The number of ketones is 3. The van der Waals surface area contributed by atoms with Crippen LogP contribution in [-0.4, -0.2) is 35.9 Å². The average Bonchev–Trinajstić information content (AvgIpc) is 3.68. The van der Waals surface area contributed by atoms with Crippen LogP contribution in [0, 0.1) is 52.3 Å². The van der Waals surface area contributed by atoms with Crippen molar-refractivity contribution in [3.63, 3.8) is 0 Å². The molecule has 1 aliphatic heterocycles. The Labute approximate surface area is 250 Å². The van der Waals surface area contributed by atoms with E-state index in [1.165, 1.54) is 0 Å². The number of ether oxygens (including phenoxy) is 1. The second-order valence-corrected chi connectivity index (χ2v) is 15.4. The van der Waals surface area contributed by atoms with Crippen molar-refractivity contribution in [2.24, 2.45) is 52.3 Å². The lowest BCUT2D eigenvalue weighted by Crippen LogP contribution is -2.60. The summed E-state index contributed by atoms with van der Waals surface area (Å²) >= 11 is 0. The first kappa shape index (κ1) is 28.4. The van der Waals surface area contributed by atoms with Crippen LogP contribution >= 0.6 is 0 Å². The fourth-order valence-electron chi connectivity index (χ4n) is 11.3. The Morgan fingerprint density at radius 3 is 2.52 bits per heavy atom. The van der Waals surface area contributed by atoms with Crippen molar-refractivity contribution >= 4 is 23.3 Å². The van der Waals surface area contributed by atoms with Gasteiger partial charge in [0.25, 0.3) is 0 Å². The van der Waals surface area contributed by atoms with Crippen molar-refractivity contribution in [1.82, 2.24) is 5.32 Å². The Balaban J connectivity index is 1.05. The molecule has 2 bridgehead atoms. The summed E-state index contributed by atoms with van der Waals surface area (Å²) in [5.41, 5.74) is -0.0599. The topological polar surface area (TPSA) is 89.5 Å². The second-order valence-electron chi connectivity index (χ2n) is 15.4. The molecule has 0 amide bonds. The molecule has 1 N–H and O–H groups in total. The fourth-order valence-corrected chi connectivity index (χ4v) is 11.3. The van der Waals surface area contributed by atoms with E-state index in [-0.39, 0.29) is 52.7 Å². The molecule has 11 atom stereocenters. The Morgan fingerprint density at radius 2 is 1.81 bits per heavy atom. The molecule has 5 aliphatic carbocycles. The van der Waals surface area contributed by atoms with E-state index in [2.05, 4.69) is 38.2 Å². The van der Waals surface area contributed by atoms with Crippen LogP contribution in [0.15, 0.2) is 30.3 Å². The van der Waals surface area contributed by atoms with Crippen LogP contribution in [0.25, 0.3) is 0 Å². The number of benzene rings is 1. The molecular formula is C36H47NO5. The van der Waals surface area contributed by atoms with E-state index in [9.17, 15) is 19.2 Å². The molecule has 226 valence electrons. The number of carbonyl (C=O) groups excluding carboxylic acids is 4. The molecule has 1 heterocycles. The number of Topliss-reactive ketones (excluding diaryl/α,β-unsaturated/α-hetero) is 3. The molecule has 6 fully saturated rings. The Hall–Kier alpha value is -2.34. The van der Waals surface area contributed by atoms with Crippen LogP contribution in [0.1, 0.15) is 97.0 Å². The lowest BCUT2D eigenvalue weighted by molar-refractivity contribution is -0.167. The van der Waals surface area contributed by atoms with E-state index < -0.39 is 11.0 Å². The minimum Gasteiger partial charge on any atom is -0.454 e. The molecule has 42 heavy (non-hydrogen) atoms. The molecular weight excluding hydrogens is 526 g/mol. The summed E-state index contributed by atoms with van der Waals surface area (Å²) in [7, 11) is 0. The number of fused-ring (bicyclic) bond motifs is 7. The zero-order valence-electron chi connectivity index (χ0n) is 25.5. The van der Waals surface area contributed by atoms with E-state index in [1.54, 1.807) is 0 Å². The van der Waals surface area contributed by atoms with E-state index in [0.717, 1.165) is 44.2 Å². The maximum absolute atomic E-state index is 14.1. The minimum atomic E-state index is -0.546. The zero-order valence-corrected chi connectivity index (χ0v) is 25.5. The van der Waals surface area contributed by atoms with Gasteiger partial charge in [0.05, 0.1) is 0 Å². The molecule has 1 saturated heterocycles. The molecule has 0 aromatic heterocycles. The summed E-state index contributed by atoms with van der Waals surface area (Å²) in [6, 6.07) is 10.7. The van der Waals surface area contributed by atoms with Crippen LogP contribution in [0.2, 0.25) is 0 Å². The van der Waals surface area contributed by atoms with Crippen LogP contribution in [0.5, 0.6) is 0 Å². The first-order valence-electron chi connectivity index (χ1n) is 16.6. The van der Waals surface area contributed by atoms with Gasteiger partial charge < -0.3 is 10.1 Å². The summed E-state index contributed by atoms with van der Waals surface area (Å²) < 4.78 is 6.42. The van der Waals surface area contributed by atoms with Crippen LogP contribution < -0.4 is 5.32 Å². The molecule has 1 aromatic rings. The first-order valence-corrected chi connectivity index (χ1v) is 16.6. The quantitative estimate of drug-likeness (QED) is 0.432. The van der Waals surface area contributed by atoms with Crippen molar-refractivity contribution in [1.29, 1.82) is 0 Å². The van der Waals surface area contributed by atoms with Gasteiger partial charge in [-0.1, -0.05) is 51.1 Å². The van der Waals surface area contributed by atoms with Crippen molar-refractivity contribution in [3.8, 4) is 0 Å². The molecule has 6 aliphatic rings. The van der Waals surface area contributed by atoms with E-state index in [0.29, 0.717) is 62.1 Å². The molecule has 5 saturated carbocycles.